The number of halogens is 2. The van der Waals surface area contributed by atoms with E-state index in [1.807, 2.05) is 13.0 Å². The summed E-state index contributed by atoms with van der Waals surface area (Å²) in [6, 6.07) is 7.83. The van der Waals surface area contributed by atoms with Crippen LogP contribution in [0.15, 0.2) is 18.2 Å². The molecule has 102 valence electrons. The van der Waals surface area contributed by atoms with E-state index in [4.69, 9.17) is 27.9 Å². The second-order valence-electron chi connectivity index (χ2n) is 4.90. The lowest BCUT2D eigenvalue weighted by molar-refractivity contribution is 0.00189. The molecule has 0 aromatic heterocycles. The highest BCUT2D eigenvalue weighted by Crippen LogP contribution is 2.27. The Labute approximate surface area is 123 Å². The molecule has 2 rings (SSSR count). The van der Waals surface area contributed by atoms with Crippen molar-refractivity contribution in [1.29, 1.82) is 5.26 Å². The lowest BCUT2D eigenvalue weighted by Gasteiger charge is -2.38. The molecular weight excluding hydrogens is 283 g/mol. The maximum Gasteiger partial charge on any atom is 0.110 e. The van der Waals surface area contributed by atoms with Crippen molar-refractivity contribution >= 4 is 23.2 Å². The Hall–Kier alpha value is -0.790. The van der Waals surface area contributed by atoms with Gasteiger partial charge in [-0.3, -0.25) is 4.90 Å². The van der Waals surface area contributed by atoms with Gasteiger partial charge in [-0.15, -0.1) is 0 Å². The molecule has 1 unspecified atom stereocenters. The number of hydrogen-bond acceptors (Lipinski definition) is 3. The fourth-order valence-electron chi connectivity index (χ4n) is 2.31. The van der Waals surface area contributed by atoms with Crippen molar-refractivity contribution in [2.24, 2.45) is 0 Å². The van der Waals surface area contributed by atoms with Crippen molar-refractivity contribution in [1.82, 2.24) is 4.90 Å². The van der Waals surface area contributed by atoms with E-state index in [-0.39, 0.29) is 0 Å². The summed E-state index contributed by atoms with van der Waals surface area (Å²) < 4.78 is 5.33. The quantitative estimate of drug-likeness (QED) is 0.860. The first-order valence-corrected chi connectivity index (χ1v) is 6.99. The smallest absolute Gasteiger partial charge is 0.110 e. The van der Waals surface area contributed by atoms with Crippen molar-refractivity contribution in [2.45, 2.75) is 18.9 Å². The number of ether oxygens (including phenoxy) is 1. The highest BCUT2D eigenvalue weighted by Gasteiger charge is 2.33. The number of nitriles is 1. The molecule has 1 aliphatic heterocycles. The zero-order valence-corrected chi connectivity index (χ0v) is 12.3. The van der Waals surface area contributed by atoms with E-state index in [1.165, 1.54) is 0 Å². The molecule has 0 saturated carbocycles. The molecule has 1 aromatic carbocycles. The second kappa shape index (κ2) is 6.11. The highest BCUT2D eigenvalue weighted by molar-refractivity contribution is 6.35. The van der Waals surface area contributed by atoms with Crippen molar-refractivity contribution in [3.05, 3.63) is 33.8 Å². The summed E-state index contributed by atoms with van der Waals surface area (Å²) in [5, 5.41) is 10.8. The molecule has 0 aliphatic carbocycles. The van der Waals surface area contributed by atoms with Gasteiger partial charge in [-0.25, -0.2) is 0 Å². The molecule has 5 heteroatoms. The van der Waals surface area contributed by atoms with Gasteiger partial charge in [0.05, 0.1) is 19.3 Å². The minimum absolute atomic E-state index is 0.568. The minimum Gasteiger partial charge on any atom is -0.379 e. The lowest BCUT2D eigenvalue weighted by Crippen LogP contribution is -2.52. The van der Waals surface area contributed by atoms with Gasteiger partial charge in [0, 0.05) is 29.6 Å². The van der Waals surface area contributed by atoms with Crippen LogP contribution in [0, 0.1) is 11.3 Å². The summed E-state index contributed by atoms with van der Waals surface area (Å²) in [6.45, 7) is 4.84. The molecule has 0 amide bonds. The van der Waals surface area contributed by atoms with Gasteiger partial charge in [-0.2, -0.15) is 5.26 Å². The summed E-state index contributed by atoms with van der Waals surface area (Å²) in [5.41, 5.74) is 0.378. The number of morpholine rings is 1. The second-order valence-corrected chi connectivity index (χ2v) is 5.74. The molecule has 0 N–H and O–H groups in total. The first kappa shape index (κ1) is 14.6. The van der Waals surface area contributed by atoms with E-state index in [9.17, 15) is 5.26 Å². The Morgan fingerprint density at radius 3 is 2.63 bits per heavy atom. The minimum atomic E-state index is -0.568. The van der Waals surface area contributed by atoms with Crippen LogP contribution in [0.3, 0.4) is 0 Å². The van der Waals surface area contributed by atoms with Crippen LogP contribution in [0.2, 0.25) is 10.0 Å². The Kier molecular flexibility index (Phi) is 4.70. The first-order valence-electron chi connectivity index (χ1n) is 6.23. The predicted molar refractivity (Wildman–Crippen MR) is 76.6 cm³/mol. The summed E-state index contributed by atoms with van der Waals surface area (Å²) >= 11 is 12.1. The third kappa shape index (κ3) is 3.40. The monoisotopic (exact) mass is 298 g/mol. The highest BCUT2D eigenvalue weighted by atomic mass is 35.5. The third-order valence-corrected chi connectivity index (χ3v) is 4.09. The van der Waals surface area contributed by atoms with Crippen LogP contribution in [-0.4, -0.2) is 36.7 Å². The number of hydrogen-bond donors (Lipinski definition) is 0. The van der Waals surface area contributed by atoms with Crippen LogP contribution in [0.4, 0.5) is 0 Å². The predicted octanol–water partition coefficient (Wildman–Crippen LogP) is 3.15. The molecule has 3 nitrogen and oxygen atoms in total. The molecule has 1 saturated heterocycles. The fraction of sp³-hybridized carbons (Fsp3) is 0.500. The lowest BCUT2D eigenvalue weighted by atomic mass is 9.92. The summed E-state index contributed by atoms with van der Waals surface area (Å²) in [6.07, 6.45) is 0.583. The van der Waals surface area contributed by atoms with Crippen molar-refractivity contribution in [3.63, 3.8) is 0 Å². The Morgan fingerprint density at radius 1 is 1.37 bits per heavy atom. The third-order valence-electron chi connectivity index (χ3n) is 3.50. The zero-order valence-electron chi connectivity index (χ0n) is 10.8. The van der Waals surface area contributed by atoms with Crippen LogP contribution < -0.4 is 0 Å². The van der Waals surface area contributed by atoms with E-state index in [0.29, 0.717) is 29.7 Å². The number of rotatable bonds is 3. The van der Waals surface area contributed by atoms with Gasteiger partial charge in [0.25, 0.3) is 0 Å². The summed E-state index contributed by atoms with van der Waals surface area (Å²) in [5.74, 6) is 0. The van der Waals surface area contributed by atoms with Crippen molar-refractivity contribution < 1.29 is 4.74 Å². The van der Waals surface area contributed by atoms with Gasteiger partial charge >= 0.3 is 0 Å². The normalized spacial score (nSPS) is 19.7. The fourth-order valence-corrected chi connectivity index (χ4v) is 2.79. The van der Waals surface area contributed by atoms with E-state index in [1.54, 1.807) is 12.1 Å². The van der Waals surface area contributed by atoms with Gasteiger partial charge in [0.1, 0.15) is 5.54 Å². The molecule has 1 aliphatic rings. The summed E-state index contributed by atoms with van der Waals surface area (Å²) in [4.78, 5) is 2.15. The number of benzene rings is 1. The van der Waals surface area contributed by atoms with Crippen LogP contribution in [0.5, 0.6) is 0 Å². The summed E-state index contributed by atoms with van der Waals surface area (Å²) in [7, 11) is 0. The molecule has 1 heterocycles. The molecule has 0 radical (unpaired) electrons. The molecule has 1 atom stereocenters. The average Bonchev–Trinajstić information content (AvgIpc) is 2.43. The Balaban J connectivity index is 2.20. The zero-order chi connectivity index (χ0) is 13.9. The van der Waals surface area contributed by atoms with Crippen LogP contribution in [0.25, 0.3) is 0 Å². The Bertz CT molecular complexity index is 495. The number of nitrogens with zero attached hydrogens (tertiary/aromatic N) is 2. The van der Waals surface area contributed by atoms with Gasteiger partial charge < -0.3 is 4.74 Å². The van der Waals surface area contributed by atoms with E-state index in [2.05, 4.69) is 11.0 Å². The van der Waals surface area contributed by atoms with E-state index < -0.39 is 5.54 Å². The molecular formula is C14H16Cl2N2O. The van der Waals surface area contributed by atoms with Gasteiger partial charge in [-0.1, -0.05) is 29.3 Å². The van der Waals surface area contributed by atoms with E-state index >= 15 is 0 Å². The van der Waals surface area contributed by atoms with Gasteiger partial charge in [0.2, 0.25) is 0 Å². The Morgan fingerprint density at radius 2 is 2.05 bits per heavy atom. The molecule has 0 bridgehead atoms. The first-order chi connectivity index (χ1) is 9.05. The van der Waals surface area contributed by atoms with Crippen LogP contribution in [0.1, 0.15) is 12.5 Å². The maximum absolute atomic E-state index is 9.54. The molecule has 0 spiro atoms. The molecule has 1 aromatic rings. The average molecular weight is 299 g/mol. The maximum atomic E-state index is 9.54. The van der Waals surface area contributed by atoms with Crippen LogP contribution in [-0.2, 0) is 11.2 Å². The van der Waals surface area contributed by atoms with Crippen molar-refractivity contribution in [3.8, 4) is 6.07 Å². The van der Waals surface area contributed by atoms with Crippen LogP contribution >= 0.6 is 23.2 Å². The molecule has 19 heavy (non-hydrogen) atoms. The van der Waals surface area contributed by atoms with Crippen molar-refractivity contribution in [2.75, 3.05) is 26.3 Å². The molecule has 1 fully saturated rings. The largest absolute Gasteiger partial charge is 0.379 e. The topological polar surface area (TPSA) is 36.3 Å². The van der Waals surface area contributed by atoms with E-state index in [0.717, 1.165) is 18.7 Å². The van der Waals surface area contributed by atoms with Gasteiger partial charge in [-0.05, 0) is 24.6 Å². The van der Waals surface area contributed by atoms with Gasteiger partial charge in [0.15, 0.2) is 0 Å². The SMILES string of the molecule is CC(C#N)(Cc1ccc(Cl)cc1Cl)N1CCOCC1. The standard InChI is InChI=1S/C14H16Cl2N2O/c1-14(10-17,18-4-6-19-7-5-18)9-11-2-3-12(15)8-13(11)16/h2-3,8H,4-7,9H2,1H3.